The third kappa shape index (κ3) is 2.98. The van der Waals surface area contributed by atoms with E-state index in [0.717, 1.165) is 11.3 Å². The number of sulfone groups is 1. The molecule has 2 atom stereocenters. The Morgan fingerprint density at radius 3 is 2.74 bits per heavy atom. The van der Waals surface area contributed by atoms with Gasteiger partial charge in [0.1, 0.15) is 0 Å². The van der Waals surface area contributed by atoms with Gasteiger partial charge in [0, 0.05) is 31.4 Å². The Bertz CT molecular complexity index is 552. The highest BCUT2D eigenvalue weighted by Gasteiger charge is 2.34. The number of aromatic nitrogens is 2. The first-order valence-corrected chi connectivity index (χ1v) is 8.29. The van der Waals surface area contributed by atoms with E-state index in [2.05, 4.69) is 10.00 Å². The second-order valence-corrected chi connectivity index (χ2v) is 7.55. The summed E-state index contributed by atoms with van der Waals surface area (Å²) in [6, 6.07) is 0.0742. The van der Waals surface area contributed by atoms with Crippen molar-refractivity contribution in [3.8, 4) is 0 Å². The van der Waals surface area contributed by atoms with Gasteiger partial charge in [-0.15, -0.1) is 0 Å². The SMILES string of the molecule is Cc1nn(C)cc1C(CN)N(C)C1CCS(=O)(=O)C1. The first-order chi connectivity index (χ1) is 8.84. The van der Waals surface area contributed by atoms with E-state index >= 15 is 0 Å². The van der Waals surface area contributed by atoms with Gasteiger partial charge in [0.25, 0.3) is 0 Å². The van der Waals surface area contributed by atoms with Crippen molar-refractivity contribution < 1.29 is 8.42 Å². The summed E-state index contributed by atoms with van der Waals surface area (Å²) in [4.78, 5) is 2.09. The van der Waals surface area contributed by atoms with Crippen LogP contribution in [0.25, 0.3) is 0 Å². The predicted octanol–water partition coefficient (Wildman–Crippen LogP) is -0.153. The number of aryl methyl sites for hydroxylation is 2. The zero-order valence-electron chi connectivity index (χ0n) is 11.7. The lowest BCUT2D eigenvalue weighted by Crippen LogP contribution is -2.39. The minimum absolute atomic E-state index is 0.0204. The first kappa shape index (κ1) is 14.5. The standard InChI is InChI=1S/C12H22N4O2S/c1-9-11(7-15(2)14-9)12(6-13)16(3)10-4-5-19(17,18)8-10/h7,10,12H,4-6,8,13H2,1-3H3. The molecule has 108 valence electrons. The molecule has 0 saturated carbocycles. The topological polar surface area (TPSA) is 81.2 Å². The van der Waals surface area contributed by atoms with E-state index in [1.165, 1.54) is 0 Å². The maximum absolute atomic E-state index is 11.6. The fourth-order valence-electron chi connectivity index (χ4n) is 2.81. The summed E-state index contributed by atoms with van der Waals surface area (Å²) in [6.07, 6.45) is 2.65. The summed E-state index contributed by atoms with van der Waals surface area (Å²) in [7, 11) is 0.960. The van der Waals surface area contributed by atoms with Crippen LogP contribution in [0.4, 0.5) is 0 Å². The molecule has 19 heavy (non-hydrogen) atoms. The zero-order valence-corrected chi connectivity index (χ0v) is 12.5. The second kappa shape index (κ2) is 5.22. The molecule has 2 unspecified atom stereocenters. The first-order valence-electron chi connectivity index (χ1n) is 6.46. The molecule has 0 bridgehead atoms. The Balaban J connectivity index is 2.20. The van der Waals surface area contributed by atoms with Crippen LogP contribution in [0.3, 0.4) is 0 Å². The van der Waals surface area contributed by atoms with E-state index in [1.807, 2.05) is 27.2 Å². The molecule has 0 amide bonds. The molecule has 1 aliphatic rings. The molecule has 0 aliphatic carbocycles. The van der Waals surface area contributed by atoms with E-state index in [0.29, 0.717) is 13.0 Å². The van der Waals surface area contributed by atoms with Crippen LogP contribution in [0.1, 0.15) is 23.7 Å². The van der Waals surface area contributed by atoms with Gasteiger partial charge >= 0.3 is 0 Å². The summed E-state index contributed by atoms with van der Waals surface area (Å²) in [5.74, 6) is 0.518. The van der Waals surface area contributed by atoms with Gasteiger partial charge in [0.2, 0.25) is 0 Å². The predicted molar refractivity (Wildman–Crippen MR) is 74.6 cm³/mol. The van der Waals surface area contributed by atoms with Crippen molar-refractivity contribution >= 4 is 9.84 Å². The molecule has 0 aromatic carbocycles. The van der Waals surface area contributed by atoms with E-state index in [9.17, 15) is 8.42 Å². The summed E-state index contributed by atoms with van der Waals surface area (Å²) < 4.78 is 24.9. The number of hydrogen-bond donors (Lipinski definition) is 1. The van der Waals surface area contributed by atoms with Crippen LogP contribution >= 0.6 is 0 Å². The molecular weight excluding hydrogens is 264 g/mol. The monoisotopic (exact) mass is 286 g/mol. The average Bonchev–Trinajstić information content (AvgIpc) is 2.83. The van der Waals surface area contributed by atoms with Crippen molar-refractivity contribution in [2.75, 3.05) is 25.1 Å². The van der Waals surface area contributed by atoms with Gasteiger partial charge in [-0.3, -0.25) is 9.58 Å². The van der Waals surface area contributed by atoms with Crippen LogP contribution in [0.2, 0.25) is 0 Å². The molecule has 7 heteroatoms. The Kier molecular flexibility index (Phi) is 3.98. The maximum atomic E-state index is 11.6. The van der Waals surface area contributed by atoms with Crippen molar-refractivity contribution in [2.24, 2.45) is 12.8 Å². The molecule has 1 aliphatic heterocycles. The molecule has 0 spiro atoms. The Morgan fingerprint density at radius 2 is 2.32 bits per heavy atom. The lowest BCUT2D eigenvalue weighted by Gasteiger charge is -2.31. The maximum Gasteiger partial charge on any atom is 0.151 e. The molecular formula is C12H22N4O2S. The molecule has 1 saturated heterocycles. The Hall–Kier alpha value is -0.920. The highest BCUT2D eigenvalue weighted by molar-refractivity contribution is 7.91. The van der Waals surface area contributed by atoms with Crippen LogP contribution in [0, 0.1) is 6.92 Å². The van der Waals surface area contributed by atoms with E-state index in [1.54, 1.807) is 4.68 Å². The molecule has 0 radical (unpaired) electrons. The third-order valence-electron chi connectivity index (χ3n) is 3.91. The van der Waals surface area contributed by atoms with Gasteiger partial charge in [-0.05, 0) is 20.4 Å². The highest BCUT2D eigenvalue weighted by atomic mass is 32.2. The van der Waals surface area contributed by atoms with Crippen LogP contribution in [-0.4, -0.2) is 54.2 Å². The van der Waals surface area contributed by atoms with Gasteiger partial charge in [0.15, 0.2) is 9.84 Å². The van der Waals surface area contributed by atoms with Gasteiger partial charge in [-0.1, -0.05) is 0 Å². The minimum atomic E-state index is -2.87. The third-order valence-corrected chi connectivity index (χ3v) is 5.66. The van der Waals surface area contributed by atoms with Crippen molar-refractivity contribution in [3.63, 3.8) is 0 Å². The summed E-state index contributed by atoms with van der Waals surface area (Å²) >= 11 is 0. The van der Waals surface area contributed by atoms with Crippen molar-refractivity contribution in [1.82, 2.24) is 14.7 Å². The van der Waals surface area contributed by atoms with Crippen molar-refractivity contribution in [1.29, 1.82) is 0 Å². The number of rotatable bonds is 4. The van der Waals surface area contributed by atoms with Gasteiger partial charge in [-0.2, -0.15) is 5.10 Å². The fourth-order valence-corrected chi connectivity index (χ4v) is 4.59. The molecule has 6 nitrogen and oxygen atoms in total. The number of hydrogen-bond acceptors (Lipinski definition) is 5. The summed E-state index contributed by atoms with van der Waals surface area (Å²) in [5, 5.41) is 4.33. The summed E-state index contributed by atoms with van der Waals surface area (Å²) in [6.45, 7) is 2.41. The van der Waals surface area contributed by atoms with E-state index in [-0.39, 0.29) is 23.6 Å². The van der Waals surface area contributed by atoms with Crippen LogP contribution in [0.5, 0.6) is 0 Å². The van der Waals surface area contributed by atoms with Crippen LogP contribution in [-0.2, 0) is 16.9 Å². The van der Waals surface area contributed by atoms with Gasteiger partial charge < -0.3 is 5.73 Å². The molecule has 2 rings (SSSR count). The average molecular weight is 286 g/mol. The molecule has 1 aromatic rings. The molecule has 1 aromatic heterocycles. The van der Waals surface area contributed by atoms with Gasteiger partial charge in [0.05, 0.1) is 23.2 Å². The van der Waals surface area contributed by atoms with E-state index in [4.69, 9.17) is 5.73 Å². The summed E-state index contributed by atoms with van der Waals surface area (Å²) in [5.41, 5.74) is 7.92. The lowest BCUT2D eigenvalue weighted by atomic mass is 10.0. The van der Waals surface area contributed by atoms with Crippen LogP contribution < -0.4 is 5.73 Å². The Morgan fingerprint density at radius 1 is 1.63 bits per heavy atom. The minimum Gasteiger partial charge on any atom is -0.329 e. The smallest absolute Gasteiger partial charge is 0.151 e. The largest absolute Gasteiger partial charge is 0.329 e. The zero-order chi connectivity index (χ0) is 14.2. The quantitative estimate of drug-likeness (QED) is 0.832. The molecule has 1 fully saturated rings. The highest BCUT2D eigenvalue weighted by Crippen LogP contribution is 2.27. The van der Waals surface area contributed by atoms with Crippen LogP contribution in [0.15, 0.2) is 6.20 Å². The van der Waals surface area contributed by atoms with E-state index < -0.39 is 9.84 Å². The Labute approximate surface area is 114 Å². The normalized spacial score (nSPS) is 23.9. The van der Waals surface area contributed by atoms with Gasteiger partial charge in [-0.25, -0.2) is 8.42 Å². The molecule has 2 heterocycles. The lowest BCUT2D eigenvalue weighted by molar-refractivity contribution is 0.192. The van der Waals surface area contributed by atoms with Crippen molar-refractivity contribution in [2.45, 2.75) is 25.4 Å². The van der Waals surface area contributed by atoms with Crippen molar-refractivity contribution in [3.05, 3.63) is 17.5 Å². The molecule has 2 N–H and O–H groups in total. The number of nitrogens with zero attached hydrogens (tertiary/aromatic N) is 3. The fraction of sp³-hybridized carbons (Fsp3) is 0.750. The second-order valence-electron chi connectivity index (χ2n) is 5.32. The number of nitrogens with two attached hydrogens (primary N) is 1. The number of likely N-dealkylation sites (N-methyl/N-ethyl adjacent to an activating group) is 1.